The van der Waals surface area contributed by atoms with Gasteiger partial charge in [0.1, 0.15) is 0 Å². The summed E-state index contributed by atoms with van der Waals surface area (Å²) in [6, 6.07) is 0.930. The molecule has 5 heteroatoms. The van der Waals surface area contributed by atoms with Gasteiger partial charge in [0.05, 0.1) is 12.2 Å². The number of fused-ring (bicyclic) bond motifs is 1. The molecule has 2 fully saturated rings. The third-order valence-corrected chi connectivity index (χ3v) is 7.97. The molecule has 4 nitrogen and oxygen atoms in total. The number of epoxide rings is 1. The van der Waals surface area contributed by atoms with Crippen LogP contribution in [0.1, 0.15) is 57.8 Å². The van der Waals surface area contributed by atoms with Gasteiger partial charge >= 0.3 is 8.80 Å². The molecule has 2 aliphatic rings. The van der Waals surface area contributed by atoms with Gasteiger partial charge in [-0.2, -0.15) is 0 Å². The summed E-state index contributed by atoms with van der Waals surface area (Å²) < 4.78 is 21.9. The molecule has 2 rings (SSSR count). The summed E-state index contributed by atoms with van der Waals surface area (Å²) >= 11 is 0. The topological polar surface area (TPSA) is 40.2 Å². The summed E-state index contributed by atoms with van der Waals surface area (Å²) in [6.45, 7) is 0. The van der Waals surface area contributed by atoms with E-state index in [2.05, 4.69) is 0 Å². The largest absolute Gasteiger partial charge is 0.500 e. The second-order valence-electron chi connectivity index (χ2n) is 6.49. The van der Waals surface area contributed by atoms with E-state index in [9.17, 15) is 0 Å². The normalized spacial score (nSPS) is 28.4. The highest BCUT2D eigenvalue weighted by Crippen LogP contribution is 2.41. The average Bonchev–Trinajstić information content (AvgIpc) is 3.29. The highest BCUT2D eigenvalue weighted by Gasteiger charge is 2.43. The highest BCUT2D eigenvalue weighted by atomic mass is 28.4. The summed E-state index contributed by atoms with van der Waals surface area (Å²) in [5, 5.41) is 0. The van der Waals surface area contributed by atoms with Crippen molar-refractivity contribution in [1.82, 2.24) is 0 Å². The number of unbranched alkanes of at least 4 members (excludes halogenated alkanes) is 4. The summed E-state index contributed by atoms with van der Waals surface area (Å²) in [5.41, 5.74) is 0. The molecule has 1 aliphatic heterocycles. The second-order valence-corrected chi connectivity index (χ2v) is 9.58. The quantitative estimate of drug-likeness (QED) is 0.330. The lowest BCUT2D eigenvalue weighted by molar-refractivity contribution is 0.122. The van der Waals surface area contributed by atoms with E-state index in [-0.39, 0.29) is 0 Å². The molecule has 1 saturated heterocycles. The van der Waals surface area contributed by atoms with Crippen molar-refractivity contribution in [1.29, 1.82) is 0 Å². The first-order valence-electron chi connectivity index (χ1n) is 8.54. The molecule has 0 aromatic rings. The maximum atomic E-state index is 5.60. The molecule has 1 aliphatic carbocycles. The second kappa shape index (κ2) is 8.63. The molecule has 3 atom stereocenters. The first kappa shape index (κ1) is 17.4. The van der Waals surface area contributed by atoms with E-state index < -0.39 is 8.80 Å². The Kier molecular flexibility index (Phi) is 7.15. The maximum Gasteiger partial charge on any atom is 0.500 e. The Morgan fingerprint density at radius 3 is 2.19 bits per heavy atom. The molecule has 0 N–H and O–H groups in total. The van der Waals surface area contributed by atoms with Gasteiger partial charge in [-0.3, -0.25) is 0 Å². The van der Waals surface area contributed by atoms with Crippen molar-refractivity contribution < 1.29 is 18.0 Å². The smallest absolute Gasteiger partial charge is 0.377 e. The van der Waals surface area contributed by atoms with Gasteiger partial charge in [0.25, 0.3) is 0 Å². The maximum absolute atomic E-state index is 5.60. The zero-order chi connectivity index (χ0) is 15.1. The van der Waals surface area contributed by atoms with E-state index in [1.165, 1.54) is 51.4 Å². The van der Waals surface area contributed by atoms with Crippen LogP contribution in [0.4, 0.5) is 0 Å². The van der Waals surface area contributed by atoms with E-state index in [0.29, 0.717) is 12.2 Å². The molecule has 21 heavy (non-hydrogen) atoms. The number of hydrogen-bond acceptors (Lipinski definition) is 4. The van der Waals surface area contributed by atoms with Crippen molar-refractivity contribution in [3.63, 3.8) is 0 Å². The molecule has 3 unspecified atom stereocenters. The molecule has 124 valence electrons. The van der Waals surface area contributed by atoms with Gasteiger partial charge in [-0.1, -0.05) is 32.1 Å². The standard InChI is InChI=1S/C16H32O4Si/c1-17-21(18-2,19-3)12-8-6-4-5-7-9-14-10-11-15-16(13-14)20-15/h14-16H,4-13H2,1-3H3. The summed E-state index contributed by atoms with van der Waals surface area (Å²) in [5.74, 6) is 0.935. The minimum absolute atomic E-state index is 0.638. The average molecular weight is 317 g/mol. The monoisotopic (exact) mass is 316 g/mol. The molecular weight excluding hydrogens is 284 g/mol. The van der Waals surface area contributed by atoms with Crippen LogP contribution < -0.4 is 0 Å². The fraction of sp³-hybridized carbons (Fsp3) is 1.00. The molecule has 0 aromatic carbocycles. The van der Waals surface area contributed by atoms with E-state index in [0.717, 1.165) is 18.4 Å². The fourth-order valence-electron chi connectivity index (χ4n) is 3.61. The third kappa shape index (κ3) is 5.32. The van der Waals surface area contributed by atoms with Crippen LogP contribution in [0.2, 0.25) is 6.04 Å². The van der Waals surface area contributed by atoms with E-state index >= 15 is 0 Å². The number of rotatable bonds is 11. The van der Waals surface area contributed by atoms with Crippen molar-refractivity contribution in [2.24, 2.45) is 5.92 Å². The lowest BCUT2D eigenvalue weighted by Crippen LogP contribution is -2.42. The molecule has 1 heterocycles. The Bertz CT molecular complexity index is 288. The van der Waals surface area contributed by atoms with Gasteiger partial charge in [-0.15, -0.1) is 0 Å². The highest BCUT2D eigenvalue weighted by molar-refractivity contribution is 6.60. The third-order valence-electron chi connectivity index (χ3n) is 5.14. The first-order valence-corrected chi connectivity index (χ1v) is 10.5. The van der Waals surface area contributed by atoms with Crippen LogP contribution in [0.25, 0.3) is 0 Å². The lowest BCUT2D eigenvalue weighted by Gasteiger charge is -2.24. The molecule has 0 amide bonds. The molecule has 0 spiro atoms. The van der Waals surface area contributed by atoms with Gasteiger partial charge < -0.3 is 18.0 Å². The molecule has 0 aromatic heterocycles. The predicted octanol–water partition coefficient (Wildman–Crippen LogP) is 3.77. The Morgan fingerprint density at radius 1 is 0.857 bits per heavy atom. The van der Waals surface area contributed by atoms with Crippen LogP contribution in [0.15, 0.2) is 0 Å². The minimum Gasteiger partial charge on any atom is -0.377 e. The predicted molar refractivity (Wildman–Crippen MR) is 85.3 cm³/mol. The number of hydrogen-bond donors (Lipinski definition) is 0. The SMILES string of the molecule is CO[Si](CCCCCCCC1CCC2OC2C1)(OC)OC. The summed E-state index contributed by atoms with van der Waals surface area (Å²) in [4.78, 5) is 0. The molecular formula is C16H32O4Si. The molecule has 1 saturated carbocycles. The summed E-state index contributed by atoms with van der Waals surface area (Å²) in [7, 11) is 2.75. The summed E-state index contributed by atoms with van der Waals surface area (Å²) in [6.07, 6.45) is 13.2. The zero-order valence-corrected chi connectivity index (χ0v) is 14.9. The van der Waals surface area contributed by atoms with E-state index in [1.807, 2.05) is 0 Å². The first-order chi connectivity index (χ1) is 10.2. The van der Waals surface area contributed by atoms with Crippen molar-refractivity contribution in [2.75, 3.05) is 21.3 Å². The van der Waals surface area contributed by atoms with Crippen LogP contribution in [0.3, 0.4) is 0 Å². The van der Waals surface area contributed by atoms with Gasteiger partial charge in [-0.05, 0) is 31.6 Å². The molecule has 0 bridgehead atoms. The van der Waals surface area contributed by atoms with Crippen LogP contribution >= 0.6 is 0 Å². The van der Waals surface area contributed by atoms with Gasteiger partial charge in [-0.25, -0.2) is 0 Å². The molecule has 0 radical (unpaired) electrons. The van der Waals surface area contributed by atoms with E-state index in [4.69, 9.17) is 18.0 Å². The zero-order valence-electron chi connectivity index (χ0n) is 13.9. The van der Waals surface area contributed by atoms with Gasteiger partial charge in [0.2, 0.25) is 0 Å². The van der Waals surface area contributed by atoms with E-state index in [1.54, 1.807) is 21.3 Å². The van der Waals surface area contributed by atoms with Crippen molar-refractivity contribution in [2.45, 2.75) is 76.0 Å². The Hall–Kier alpha value is 0.0569. The number of ether oxygens (including phenoxy) is 1. The Labute approximate surface area is 130 Å². The Balaban J connectivity index is 1.44. The Morgan fingerprint density at radius 2 is 1.52 bits per heavy atom. The lowest BCUT2D eigenvalue weighted by atomic mass is 9.85. The van der Waals surface area contributed by atoms with Crippen LogP contribution in [-0.4, -0.2) is 42.3 Å². The van der Waals surface area contributed by atoms with Crippen LogP contribution in [0, 0.1) is 5.92 Å². The van der Waals surface area contributed by atoms with Gasteiger partial charge in [0, 0.05) is 27.4 Å². The van der Waals surface area contributed by atoms with Crippen LogP contribution in [0.5, 0.6) is 0 Å². The fourth-order valence-corrected chi connectivity index (χ4v) is 5.41. The van der Waals surface area contributed by atoms with Crippen LogP contribution in [-0.2, 0) is 18.0 Å². The van der Waals surface area contributed by atoms with Crippen molar-refractivity contribution in [3.05, 3.63) is 0 Å². The van der Waals surface area contributed by atoms with Gasteiger partial charge in [0.15, 0.2) is 0 Å². The minimum atomic E-state index is -2.33. The van der Waals surface area contributed by atoms with Crippen molar-refractivity contribution in [3.8, 4) is 0 Å². The van der Waals surface area contributed by atoms with Crippen molar-refractivity contribution >= 4 is 8.80 Å².